The molecule has 0 spiro atoms. The van der Waals surface area contributed by atoms with Crippen LogP contribution in [0.1, 0.15) is 6.42 Å². The number of halogens is 1. The van der Waals surface area contributed by atoms with Crippen molar-refractivity contribution >= 4 is 17.6 Å². The summed E-state index contributed by atoms with van der Waals surface area (Å²) in [4.78, 5) is 9.54. The Morgan fingerprint density at radius 2 is 2.29 bits per heavy atom. The molecule has 0 atom stereocenters. The zero-order valence-electron chi connectivity index (χ0n) is 3.56. The van der Waals surface area contributed by atoms with Gasteiger partial charge < -0.3 is 0 Å². The summed E-state index contributed by atoms with van der Waals surface area (Å²) >= 11 is 4.97. The van der Waals surface area contributed by atoms with E-state index in [1.54, 1.807) is 0 Å². The molecule has 0 bridgehead atoms. The van der Waals surface area contributed by atoms with E-state index in [4.69, 9.17) is 11.6 Å². The zero-order chi connectivity index (χ0) is 5.70. The van der Waals surface area contributed by atoms with Crippen LogP contribution in [0.15, 0.2) is 11.6 Å². The molecule has 0 aliphatic rings. The molecule has 0 aromatic carbocycles. The Labute approximate surface area is 46.4 Å². The highest BCUT2D eigenvalue weighted by atomic mass is 35.5. The van der Waals surface area contributed by atoms with Crippen molar-refractivity contribution in [2.75, 3.05) is 0 Å². The van der Waals surface area contributed by atoms with Gasteiger partial charge in [0.2, 0.25) is 0 Å². The van der Waals surface area contributed by atoms with E-state index in [0.29, 0.717) is 0 Å². The number of carbonyl (C=O) groups is 1. The van der Waals surface area contributed by atoms with Crippen LogP contribution in [0.2, 0.25) is 0 Å². The van der Waals surface area contributed by atoms with Gasteiger partial charge in [-0.3, -0.25) is 0 Å². The van der Waals surface area contributed by atoms with E-state index in [0.717, 1.165) is 5.54 Å². The molecule has 0 heterocycles. The molecule has 0 aromatic heterocycles. The molecule has 3 heteroatoms. The van der Waals surface area contributed by atoms with Crippen LogP contribution < -0.4 is 0 Å². The summed E-state index contributed by atoms with van der Waals surface area (Å²) in [7, 11) is 0. The summed E-state index contributed by atoms with van der Waals surface area (Å²) in [6, 6.07) is 0. The molecule has 7 heavy (non-hydrogen) atoms. The SMILES string of the molecule is [O]C(=O)C/C=C/Cl. The maximum atomic E-state index is 9.54. The molecular formula is C4H4ClO2. The predicted octanol–water partition coefficient (Wildman–Crippen LogP) is 1.09. The highest BCUT2D eigenvalue weighted by Crippen LogP contribution is 1.84. The summed E-state index contributed by atoms with van der Waals surface area (Å²) in [6.07, 6.45) is 1.19. The zero-order valence-corrected chi connectivity index (χ0v) is 4.31. The second-order valence-corrected chi connectivity index (χ2v) is 1.19. The lowest BCUT2D eigenvalue weighted by Gasteiger charge is -1.71. The van der Waals surface area contributed by atoms with Crippen LogP contribution in [0, 0.1) is 0 Å². The second kappa shape index (κ2) is 3.68. The molecule has 0 unspecified atom stereocenters. The van der Waals surface area contributed by atoms with Gasteiger partial charge >= 0.3 is 5.97 Å². The Morgan fingerprint density at radius 3 is 2.43 bits per heavy atom. The normalized spacial score (nSPS) is 9.86. The molecule has 0 saturated heterocycles. The average Bonchev–Trinajstić information content (AvgIpc) is 1.61. The van der Waals surface area contributed by atoms with Gasteiger partial charge in [0.15, 0.2) is 0 Å². The Balaban J connectivity index is 3.14. The molecular weight excluding hydrogens is 115 g/mol. The van der Waals surface area contributed by atoms with Gasteiger partial charge in [-0.1, -0.05) is 17.7 Å². The van der Waals surface area contributed by atoms with E-state index < -0.39 is 5.97 Å². The van der Waals surface area contributed by atoms with Gasteiger partial charge in [0.05, 0.1) is 6.42 Å². The van der Waals surface area contributed by atoms with Crippen molar-refractivity contribution < 1.29 is 9.90 Å². The Kier molecular flexibility index (Phi) is 3.42. The fourth-order valence-electron chi connectivity index (χ4n) is 0.141. The number of hydrogen-bond donors (Lipinski definition) is 0. The van der Waals surface area contributed by atoms with Crippen LogP contribution >= 0.6 is 11.6 Å². The first-order chi connectivity index (χ1) is 3.27. The molecule has 1 radical (unpaired) electrons. The second-order valence-electron chi connectivity index (χ2n) is 0.938. The van der Waals surface area contributed by atoms with Crippen molar-refractivity contribution in [3.8, 4) is 0 Å². The van der Waals surface area contributed by atoms with E-state index in [9.17, 15) is 9.90 Å². The van der Waals surface area contributed by atoms with Crippen molar-refractivity contribution in [3.63, 3.8) is 0 Å². The molecule has 0 N–H and O–H groups in total. The van der Waals surface area contributed by atoms with Crippen LogP contribution in [0.25, 0.3) is 0 Å². The molecule has 0 aliphatic carbocycles. The van der Waals surface area contributed by atoms with E-state index in [2.05, 4.69) is 0 Å². The minimum Gasteiger partial charge on any atom is -0.247 e. The number of carbonyl (C=O) groups excluding carboxylic acids is 1. The first-order valence-electron chi connectivity index (χ1n) is 1.72. The van der Waals surface area contributed by atoms with Gasteiger partial charge in [-0.05, 0) is 0 Å². The first-order valence-corrected chi connectivity index (χ1v) is 2.16. The van der Waals surface area contributed by atoms with Crippen LogP contribution in [-0.2, 0) is 9.90 Å². The van der Waals surface area contributed by atoms with Crippen LogP contribution in [0.5, 0.6) is 0 Å². The molecule has 0 fully saturated rings. The average molecular weight is 120 g/mol. The third-order valence-electron chi connectivity index (χ3n) is 0.374. The standard InChI is InChI=1S/C4H4ClO2/c5-3-1-2-4(6)7/h1,3H,2H2/b3-1+. The van der Waals surface area contributed by atoms with Crippen molar-refractivity contribution in [2.45, 2.75) is 6.42 Å². The summed E-state index contributed by atoms with van der Waals surface area (Å²) in [5.74, 6) is -1.11. The van der Waals surface area contributed by atoms with E-state index in [1.807, 2.05) is 0 Å². The summed E-state index contributed by atoms with van der Waals surface area (Å²) in [5.41, 5.74) is 1.15. The summed E-state index contributed by atoms with van der Waals surface area (Å²) in [5, 5.41) is 9.54. The van der Waals surface area contributed by atoms with Gasteiger partial charge in [0.25, 0.3) is 0 Å². The van der Waals surface area contributed by atoms with Gasteiger partial charge in [-0.25, -0.2) is 9.90 Å². The summed E-state index contributed by atoms with van der Waals surface area (Å²) in [6.45, 7) is 0. The smallest absolute Gasteiger partial charge is 0.247 e. The van der Waals surface area contributed by atoms with E-state index in [1.165, 1.54) is 6.08 Å². The maximum Gasteiger partial charge on any atom is 0.359 e. The predicted molar refractivity (Wildman–Crippen MR) is 25.3 cm³/mol. The van der Waals surface area contributed by atoms with Gasteiger partial charge in [-0.15, -0.1) is 0 Å². The Bertz CT molecular complexity index is 87.7. The molecule has 2 nitrogen and oxygen atoms in total. The molecule has 0 aliphatic heterocycles. The van der Waals surface area contributed by atoms with Crippen molar-refractivity contribution in [1.29, 1.82) is 0 Å². The molecule has 0 saturated carbocycles. The minimum atomic E-state index is -1.11. The van der Waals surface area contributed by atoms with Crippen molar-refractivity contribution in [3.05, 3.63) is 11.6 Å². The van der Waals surface area contributed by atoms with Crippen LogP contribution in [-0.4, -0.2) is 5.97 Å². The van der Waals surface area contributed by atoms with Gasteiger partial charge in [0, 0.05) is 5.54 Å². The van der Waals surface area contributed by atoms with Crippen LogP contribution in [0.3, 0.4) is 0 Å². The molecule has 0 amide bonds. The van der Waals surface area contributed by atoms with Crippen molar-refractivity contribution in [2.24, 2.45) is 0 Å². The Morgan fingerprint density at radius 1 is 1.71 bits per heavy atom. The monoisotopic (exact) mass is 119 g/mol. The van der Waals surface area contributed by atoms with E-state index >= 15 is 0 Å². The summed E-state index contributed by atoms with van der Waals surface area (Å²) < 4.78 is 0. The fraction of sp³-hybridized carbons (Fsp3) is 0.250. The number of rotatable bonds is 2. The lowest BCUT2D eigenvalue weighted by molar-refractivity contribution is -0.142. The van der Waals surface area contributed by atoms with E-state index in [-0.39, 0.29) is 6.42 Å². The third-order valence-corrected chi connectivity index (χ3v) is 0.552. The largest absolute Gasteiger partial charge is 0.359 e. The fourth-order valence-corrected chi connectivity index (χ4v) is 0.230. The topological polar surface area (TPSA) is 37.0 Å². The maximum absolute atomic E-state index is 9.54. The lowest BCUT2D eigenvalue weighted by atomic mass is 10.4. The molecule has 0 aromatic rings. The van der Waals surface area contributed by atoms with Gasteiger partial charge in [0.1, 0.15) is 0 Å². The molecule has 39 valence electrons. The highest BCUT2D eigenvalue weighted by Gasteiger charge is 1.90. The quantitative estimate of drug-likeness (QED) is 0.536. The molecule has 0 rings (SSSR count). The highest BCUT2D eigenvalue weighted by molar-refractivity contribution is 6.25. The third kappa shape index (κ3) is 5.50. The number of hydrogen-bond acceptors (Lipinski definition) is 1. The van der Waals surface area contributed by atoms with Crippen LogP contribution in [0.4, 0.5) is 0 Å². The van der Waals surface area contributed by atoms with Crippen molar-refractivity contribution in [1.82, 2.24) is 0 Å². The minimum absolute atomic E-state index is 0.108. The Hall–Kier alpha value is -0.500. The lowest BCUT2D eigenvalue weighted by Crippen LogP contribution is -1.85. The first kappa shape index (κ1) is 6.50. The van der Waals surface area contributed by atoms with Gasteiger partial charge in [-0.2, -0.15) is 0 Å².